The molecule has 0 aromatic heterocycles. The summed E-state index contributed by atoms with van der Waals surface area (Å²) in [5.41, 5.74) is 0. The second-order valence-corrected chi connectivity index (χ2v) is 2.65. The maximum absolute atomic E-state index is 10.8. The maximum Gasteiger partial charge on any atom is 0.155 e. The molecular formula is C10H13O2. The molecule has 0 saturated heterocycles. The van der Waals surface area contributed by atoms with Crippen LogP contribution in [0.25, 0.3) is 0 Å². The molecule has 2 nitrogen and oxygen atoms in total. The van der Waals surface area contributed by atoms with Crippen LogP contribution in [0.5, 0.6) is 0 Å². The van der Waals surface area contributed by atoms with Crippen molar-refractivity contribution >= 4 is 11.6 Å². The van der Waals surface area contributed by atoms with E-state index >= 15 is 0 Å². The molecular weight excluding hydrogens is 152 g/mol. The monoisotopic (exact) mass is 165 g/mol. The smallest absolute Gasteiger partial charge is 0.155 e. The van der Waals surface area contributed by atoms with Crippen LogP contribution in [0.1, 0.15) is 19.8 Å². The van der Waals surface area contributed by atoms with Crippen LogP contribution in [-0.2, 0) is 9.59 Å². The summed E-state index contributed by atoms with van der Waals surface area (Å²) in [5.74, 6) is 0.749. The van der Waals surface area contributed by atoms with E-state index in [9.17, 15) is 9.59 Å². The van der Waals surface area contributed by atoms with Gasteiger partial charge in [-0.25, -0.2) is 0 Å². The van der Waals surface area contributed by atoms with E-state index in [-0.39, 0.29) is 11.6 Å². The number of rotatable bonds is 6. The minimum absolute atomic E-state index is 0.0515. The van der Waals surface area contributed by atoms with Crippen molar-refractivity contribution in [2.75, 3.05) is 0 Å². The molecule has 0 spiro atoms. The lowest BCUT2D eigenvalue weighted by Crippen LogP contribution is -2.05. The Balaban J connectivity index is 3.80. The molecule has 0 amide bonds. The van der Waals surface area contributed by atoms with Crippen LogP contribution in [0.4, 0.5) is 0 Å². The molecule has 0 aromatic carbocycles. The first-order valence-corrected chi connectivity index (χ1v) is 3.72. The van der Waals surface area contributed by atoms with Crippen molar-refractivity contribution < 1.29 is 9.59 Å². The first kappa shape index (κ1) is 10.8. The third kappa shape index (κ3) is 4.61. The summed E-state index contributed by atoms with van der Waals surface area (Å²) >= 11 is 0. The summed E-state index contributed by atoms with van der Waals surface area (Å²) in [7, 11) is 0. The van der Waals surface area contributed by atoms with Crippen molar-refractivity contribution in [2.45, 2.75) is 19.8 Å². The second-order valence-electron chi connectivity index (χ2n) is 2.65. The van der Waals surface area contributed by atoms with Gasteiger partial charge in [0.15, 0.2) is 11.6 Å². The molecule has 12 heavy (non-hydrogen) atoms. The molecule has 0 aliphatic heterocycles. The van der Waals surface area contributed by atoms with Gasteiger partial charge in [0.25, 0.3) is 0 Å². The Kier molecular flexibility index (Phi) is 4.93. The standard InChI is InChI=1S/C10H13O2/c1-4-9(11)6-8(3)7-10(12)5-2/h4-5H,1-2,6-7H2,3H3. The van der Waals surface area contributed by atoms with Gasteiger partial charge in [0.1, 0.15) is 0 Å². The van der Waals surface area contributed by atoms with Crippen molar-refractivity contribution in [3.8, 4) is 0 Å². The lowest BCUT2D eigenvalue weighted by molar-refractivity contribution is -0.115. The number of hydrogen-bond acceptors (Lipinski definition) is 2. The summed E-state index contributed by atoms with van der Waals surface area (Å²) in [6.07, 6.45) is 3.15. The molecule has 65 valence electrons. The molecule has 0 fully saturated rings. The molecule has 0 aromatic rings. The molecule has 2 heteroatoms. The Labute approximate surface area is 73.0 Å². The minimum atomic E-state index is -0.0515. The highest BCUT2D eigenvalue weighted by Crippen LogP contribution is 2.11. The Morgan fingerprint density at radius 2 is 1.42 bits per heavy atom. The predicted octanol–water partition coefficient (Wildman–Crippen LogP) is 1.87. The van der Waals surface area contributed by atoms with Crippen LogP contribution in [0.2, 0.25) is 0 Å². The normalized spacial score (nSPS) is 9.50. The van der Waals surface area contributed by atoms with E-state index in [1.807, 2.05) is 0 Å². The van der Waals surface area contributed by atoms with Crippen molar-refractivity contribution in [3.63, 3.8) is 0 Å². The van der Waals surface area contributed by atoms with Gasteiger partial charge in [-0.2, -0.15) is 0 Å². The van der Waals surface area contributed by atoms with Gasteiger partial charge in [0, 0.05) is 12.8 Å². The Morgan fingerprint density at radius 3 is 1.67 bits per heavy atom. The highest BCUT2D eigenvalue weighted by Gasteiger charge is 2.09. The fourth-order valence-electron chi connectivity index (χ4n) is 0.802. The van der Waals surface area contributed by atoms with Gasteiger partial charge in [0.2, 0.25) is 0 Å². The van der Waals surface area contributed by atoms with Crippen LogP contribution in [0, 0.1) is 5.92 Å². The molecule has 0 atom stereocenters. The summed E-state index contributed by atoms with van der Waals surface area (Å²) in [5, 5.41) is 0. The lowest BCUT2D eigenvalue weighted by Gasteiger charge is -2.04. The van der Waals surface area contributed by atoms with E-state index in [1.165, 1.54) is 12.2 Å². The third-order valence-electron chi connectivity index (χ3n) is 1.41. The van der Waals surface area contributed by atoms with Gasteiger partial charge in [-0.3, -0.25) is 9.59 Å². The fraction of sp³-hybridized carbons (Fsp3) is 0.300. The average molecular weight is 165 g/mol. The Hall–Kier alpha value is -1.18. The van der Waals surface area contributed by atoms with Gasteiger partial charge < -0.3 is 0 Å². The molecule has 0 unspecified atom stereocenters. The molecule has 0 bridgehead atoms. The van der Waals surface area contributed by atoms with Crippen molar-refractivity contribution in [1.82, 2.24) is 0 Å². The van der Waals surface area contributed by atoms with Crippen molar-refractivity contribution in [1.29, 1.82) is 0 Å². The van der Waals surface area contributed by atoms with Gasteiger partial charge in [-0.1, -0.05) is 20.1 Å². The zero-order chi connectivity index (χ0) is 9.56. The highest BCUT2D eigenvalue weighted by molar-refractivity contribution is 5.93. The molecule has 0 heterocycles. The van der Waals surface area contributed by atoms with Gasteiger partial charge in [-0.05, 0) is 18.1 Å². The number of carbonyl (C=O) groups is 2. The second kappa shape index (κ2) is 5.47. The molecule has 0 aliphatic rings. The molecule has 0 rings (SSSR count). The first-order chi connectivity index (χ1) is 5.60. The number of hydrogen-bond donors (Lipinski definition) is 0. The average Bonchev–Trinajstić information content (AvgIpc) is 2.03. The third-order valence-corrected chi connectivity index (χ3v) is 1.41. The van der Waals surface area contributed by atoms with E-state index < -0.39 is 0 Å². The van der Waals surface area contributed by atoms with Crippen LogP contribution in [0.3, 0.4) is 0 Å². The van der Waals surface area contributed by atoms with Crippen LogP contribution in [0.15, 0.2) is 25.3 Å². The molecule has 0 saturated carbocycles. The summed E-state index contributed by atoms with van der Waals surface area (Å²) < 4.78 is 0. The zero-order valence-corrected chi connectivity index (χ0v) is 7.30. The maximum atomic E-state index is 10.8. The van der Waals surface area contributed by atoms with Gasteiger partial charge in [-0.15, -0.1) is 0 Å². The Morgan fingerprint density at radius 1 is 1.08 bits per heavy atom. The Bertz CT molecular complexity index is 182. The summed E-state index contributed by atoms with van der Waals surface area (Å²) in [6.45, 7) is 8.47. The van der Waals surface area contributed by atoms with Gasteiger partial charge in [0.05, 0.1) is 0 Å². The lowest BCUT2D eigenvalue weighted by atomic mass is 9.98. The SMILES string of the molecule is C=CC(=O)C[C](C)CC(=O)C=C. The minimum Gasteiger partial charge on any atom is -0.295 e. The molecule has 0 aliphatic carbocycles. The fourth-order valence-corrected chi connectivity index (χ4v) is 0.802. The molecule has 1 radical (unpaired) electrons. The number of ketones is 2. The van der Waals surface area contributed by atoms with Crippen LogP contribution in [-0.4, -0.2) is 11.6 Å². The summed E-state index contributed by atoms with van der Waals surface area (Å²) in [4.78, 5) is 21.6. The van der Waals surface area contributed by atoms with E-state index in [0.29, 0.717) is 12.8 Å². The summed E-state index contributed by atoms with van der Waals surface area (Å²) in [6, 6.07) is 0. The number of allylic oxidation sites excluding steroid dienone is 2. The van der Waals surface area contributed by atoms with Crippen molar-refractivity contribution in [2.24, 2.45) is 0 Å². The first-order valence-electron chi connectivity index (χ1n) is 3.72. The van der Waals surface area contributed by atoms with Crippen LogP contribution >= 0.6 is 0 Å². The van der Waals surface area contributed by atoms with E-state index in [0.717, 1.165) is 5.92 Å². The van der Waals surface area contributed by atoms with E-state index in [2.05, 4.69) is 13.2 Å². The van der Waals surface area contributed by atoms with E-state index in [4.69, 9.17) is 0 Å². The largest absolute Gasteiger partial charge is 0.295 e. The van der Waals surface area contributed by atoms with Crippen LogP contribution < -0.4 is 0 Å². The highest BCUT2D eigenvalue weighted by atomic mass is 16.1. The van der Waals surface area contributed by atoms with Gasteiger partial charge >= 0.3 is 0 Å². The quantitative estimate of drug-likeness (QED) is 0.563. The zero-order valence-electron chi connectivity index (χ0n) is 7.30. The van der Waals surface area contributed by atoms with E-state index in [1.54, 1.807) is 6.92 Å². The topological polar surface area (TPSA) is 34.1 Å². The van der Waals surface area contributed by atoms with Crippen molar-refractivity contribution in [3.05, 3.63) is 31.2 Å². The number of carbonyl (C=O) groups excluding carboxylic acids is 2. The molecule has 0 N–H and O–H groups in total. The predicted molar refractivity (Wildman–Crippen MR) is 48.6 cm³/mol.